The average Bonchev–Trinajstić information content (AvgIpc) is 2.87. The van der Waals surface area contributed by atoms with Crippen LogP contribution in [0.1, 0.15) is 15.9 Å². The molecule has 0 saturated carbocycles. The van der Waals surface area contributed by atoms with Gasteiger partial charge < -0.3 is 19.5 Å². The third-order valence-corrected chi connectivity index (χ3v) is 7.30. The molecule has 0 fully saturated rings. The molecule has 190 valence electrons. The van der Waals surface area contributed by atoms with Crippen LogP contribution in [0.5, 0.6) is 11.5 Å². The number of anilines is 2. The summed E-state index contributed by atoms with van der Waals surface area (Å²) in [5.41, 5.74) is 1.04. The second kappa shape index (κ2) is 11.3. The molecule has 3 rings (SSSR count). The number of ether oxygens (including phenoxy) is 3. The van der Waals surface area contributed by atoms with Gasteiger partial charge in [0.05, 0.1) is 43.2 Å². The summed E-state index contributed by atoms with van der Waals surface area (Å²) in [7, 11) is -0.156. The number of para-hydroxylation sites is 1. The van der Waals surface area contributed by atoms with Gasteiger partial charge in [-0.15, -0.1) is 0 Å². The normalized spacial score (nSPS) is 10.9. The van der Waals surface area contributed by atoms with Crippen LogP contribution in [0, 0.1) is 6.92 Å². The fourth-order valence-electron chi connectivity index (χ4n) is 3.46. The Kier molecular flexibility index (Phi) is 8.44. The molecule has 36 heavy (non-hydrogen) atoms. The number of amides is 1. The number of nitrogens with one attached hydrogen (secondary N) is 1. The molecule has 3 aromatic carbocycles. The van der Waals surface area contributed by atoms with E-state index in [1.165, 1.54) is 57.7 Å². The number of benzene rings is 3. The van der Waals surface area contributed by atoms with Gasteiger partial charge in [-0.25, -0.2) is 13.2 Å². The number of sulfonamides is 1. The number of methoxy groups -OCH3 is 3. The summed E-state index contributed by atoms with van der Waals surface area (Å²) in [5.74, 6) is -0.920. The Labute approximate surface area is 214 Å². The van der Waals surface area contributed by atoms with E-state index < -0.39 is 28.4 Å². The van der Waals surface area contributed by atoms with Crippen molar-refractivity contribution in [1.82, 2.24) is 0 Å². The monoisotopic (exact) mass is 532 g/mol. The van der Waals surface area contributed by atoms with E-state index in [0.29, 0.717) is 16.3 Å². The number of halogens is 1. The highest BCUT2D eigenvalue weighted by Crippen LogP contribution is 2.34. The molecule has 0 unspecified atom stereocenters. The number of carbonyl (C=O) groups excluding carboxylic acids is 2. The predicted octanol–water partition coefficient (Wildman–Crippen LogP) is 4.29. The van der Waals surface area contributed by atoms with Gasteiger partial charge in [-0.2, -0.15) is 0 Å². The number of aryl methyl sites for hydroxylation is 1. The van der Waals surface area contributed by atoms with E-state index in [1.54, 1.807) is 31.2 Å². The van der Waals surface area contributed by atoms with Crippen LogP contribution in [-0.4, -0.2) is 48.2 Å². The van der Waals surface area contributed by atoms with E-state index in [9.17, 15) is 18.0 Å². The maximum Gasteiger partial charge on any atom is 0.340 e. The van der Waals surface area contributed by atoms with Gasteiger partial charge in [0.15, 0.2) is 11.5 Å². The second-order valence-electron chi connectivity index (χ2n) is 7.54. The van der Waals surface area contributed by atoms with Crippen molar-refractivity contribution in [1.29, 1.82) is 0 Å². The third-order valence-electron chi connectivity index (χ3n) is 5.28. The average molecular weight is 533 g/mol. The standard InChI is InChI=1S/C25H25ClN2O7S/c1-16-7-5-6-8-21(16)28(36(31,32)18-11-9-17(26)10-12-18)15-24(29)27-20-14-23(34-3)22(33-2)13-19(20)25(30)35-4/h5-14H,15H2,1-4H3,(H,27,29). The summed E-state index contributed by atoms with van der Waals surface area (Å²) in [5, 5.41) is 2.97. The largest absolute Gasteiger partial charge is 0.493 e. The molecule has 3 aromatic rings. The van der Waals surface area contributed by atoms with Crippen molar-refractivity contribution in [3.63, 3.8) is 0 Å². The topological polar surface area (TPSA) is 111 Å². The van der Waals surface area contributed by atoms with Crippen molar-refractivity contribution in [3.05, 3.63) is 76.8 Å². The van der Waals surface area contributed by atoms with Crippen LogP contribution in [0.2, 0.25) is 5.02 Å². The van der Waals surface area contributed by atoms with Crippen molar-refractivity contribution < 1.29 is 32.2 Å². The number of hydrogen-bond acceptors (Lipinski definition) is 7. The zero-order chi connectivity index (χ0) is 26.5. The molecule has 0 saturated heterocycles. The molecule has 11 heteroatoms. The summed E-state index contributed by atoms with van der Waals surface area (Å²) in [6.45, 7) is 1.16. The lowest BCUT2D eigenvalue weighted by atomic mass is 10.1. The van der Waals surface area contributed by atoms with E-state index in [1.807, 2.05) is 0 Å². The molecule has 0 aliphatic heterocycles. The minimum absolute atomic E-state index is 0.00602. The Bertz CT molecular complexity index is 1380. The fraction of sp³-hybridized carbons (Fsp3) is 0.200. The van der Waals surface area contributed by atoms with Crippen molar-refractivity contribution in [3.8, 4) is 11.5 Å². The first-order valence-corrected chi connectivity index (χ1v) is 12.4. The number of carbonyl (C=O) groups is 2. The number of nitrogens with zero attached hydrogens (tertiary/aromatic N) is 1. The van der Waals surface area contributed by atoms with E-state index in [0.717, 1.165) is 4.31 Å². The van der Waals surface area contributed by atoms with Crippen LogP contribution in [-0.2, 0) is 19.6 Å². The first-order chi connectivity index (χ1) is 17.1. The summed E-state index contributed by atoms with van der Waals surface area (Å²) in [6.07, 6.45) is 0. The van der Waals surface area contributed by atoms with Crippen LogP contribution in [0.4, 0.5) is 11.4 Å². The van der Waals surface area contributed by atoms with Crippen molar-refractivity contribution >= 4 is 44.9 Å². The second-order valence-corrected chi connectivity index (χ2v) is 9.84. The van der Waals surface area contributed by atoms with Gasteiger partial charge in [-0.1, -0.05) is 29.8 Å². The van der Waals surface area contributed by atoms with Gasteiger partial charge in [0.1, 0.15) is 6.54 Å². The summed E-state index contributed by atoms with van der Waals surface area (Å²) >= 11 is 5.93. The maximum atomic E-state index is 13.6. The molecule has 0 heterocycles. The van der Waals surface area contributed by atoms with Gasteiger partial charge in [-0.05, 0) is 42.8 Å². The molecule has 0 aliphatic carbocycles. The summed E-state index contributed by atoms with van der Waals surface area (Å²) in [6, 6.07) is 15.2. The Morgan fingerprint density at radius 2 is 1.56 bits per heavy atom. The quantitative estimate of drug-likeness (QED) is 0.409. The van der Waals surface area contributed by atoms with Gasteiger partial charge in [0.2, 0.25) is 5.91 Å². The maximum absolute atomic E-state index is 13.6. The van der Waals surface area contributed by atoms with Crippen LogP contribution >= 0.6 is 11.6 Å². The van der Waals surface area contributed by atoms with E-state index >= 15 is 0 Å². The first-order valence-electron chi connectivity index (χ1n) is 10.6. The van der Waals surface area contributed by atoms with Gasteiger partial charge in [0, 0.05) is 17.2 Å². The zero-order valence-electron chi connectivity index (χ0n) is 20.1. The van der Waals surface area contributed by atoms with E-state index in [-0.39, 0.29) is 27.6 Å². The van der Waals surface area contributed by atoms with Gasteiger partial charge in [0.25, 0.3) is 10.0 Å². The highest BCUT2D eigenvalue weighted by Gasteiger charge is 2.29. The Morgan fingerprint density at radius 3 is 2.14 bits per heavy atom. The molecule has 9 nitrogen and oxygen atoms in total. The van der Waals surface area contributed by atoms with Gasteiger partial charge >= 0.3 is 5.97 Å². The Balaban J connectivity index is 2.03. The molecule has 0 spiro atoms. The van der Waals surface area contributed by atoms with Crippen molar-refractivity contribution in [2.45, 2.75) is 11.8 Å². The number of esters is 1. The minimum Gasteiger partial charge on any atom is -0.493 e. The molecular weight excluding hydrogens is 508 g/mol. The fourth-order valence-corrected chi connectivity index (χ4v) is 5.07. The first kappa shape index (κ1) is 26.8. The van der Waals surface area contributed by atoms with E-state index in [2.05, 4.69) is 5.32 Å². The highest BCUT2D eigenvalue weighted by molar-refractivity contribution is 7.92. The smallest absolute Gasteiger partial charge is 0.340 e. The van der Waals surface area contributed by atoms with Crippen molar-refractivity contribution in [2.75, 3.05) is 37.5 Å². The van der Waals surface area contributed by atoms with Gasteiger partial charge in [-0.3, -0.25) is 9.10 Å². The van der Waals surface area contributed by atoms with Crippen LogP contribution < -0.4 is 19.1 Å². The molecular formula is C25H25ClN2O7S. The minimum atomic E-state index is -4.16. The summed E-state index contributed by atoms with van der Waals surface area (Å²) < 4.78 is 43.5. The van der Waals surface area contributed by atoms with Crippen LogP contribution in [0.15, 0.2) is 65.6 Å². The molecule has 0 atom stereocenters. The third kappa shape index (κ3) is 5.72. The van der Waals surface area contributed by atoms with Crippen LogP contribution in [0.3, 0.4) is 0 Å². The predicted molar refractivity (Wildman–Crippen MR) is 137 cm³/mol. The number of rotatable bonds is 9. The highest BCUT2D eigenvalue weighted by atomic mass is 35.5. The molecule has 0 radical (unpaired) electrons. The molecule has 1 N–H and O–H groups in total. The lowest BCUT2D eigenvalue weighted by molar-refractivity contribution is -0.114. The zero-order valence-corrected chi connectivity index (χ0v) is 21.6. The number of hydrogen-bond donors (Lipinski definition) is 1. The van der Waals surface area contributed by atoms with Crippen LogP contribution in [0.25, 0.3) is 0 Å². The molecule has 1 amide bonds. The summed E-state index contributed by atoms with van der Waals surface area (Å²) in [4.78, 5) is 25.5. The SMILES string of the molecule is COC(=O)c1cc(OC)c(OC)cc1NC(=O)CN(c1ccccc1C)S(=O)(=O)c1ccc(Cl)cc1. The molecule has 0 bridgehead atoms. The Morgan fingerprint density at radius 1 is 0.944 bits per heavy atom. The lowest BCUT2D eigenvalue weighted by Crippen LogP contribution is -2.38. The Hall–Kier alpha value is -3.76. The lowest BCUT2D eigenvalue weighted by Gasteiger charge is -2.26. The van der Waals surface area contributed by atoms with E-state index in [4.69, 9.17) is 25.8 Å². The molecule has 0 aliphatic rings. The van der Waals surface area contributed by atoms with Crippen molar-refractivity contribution in [2.24, 2.45) is 0 Å². The molecule has 0 aromatic heterocycles.